The first-order valence-electron chi connectivity index (χ1n) is 5.26. The highest BCUT2D eigenvalue weighted by atomic mass is 19.3. The lowest BCUT2D eigenvalue weighted by molar-refractivity contribution is -0.169. The van der Waals surface area contributed by atoms with Gasteiger partial charge >= 0.3 is 18.3 Å². The molecule has 1 amide bonds. The Balaban J connectivity index is 4.45. The highest BCUT2D eigenvalue weighted by Gasteiger charge is 2.48. The zero-order valence-corrected chi connectivity index (χ0v) is 9.92. The van der Waals surface area contributed by atoms with E-state index in [1.54, 1.807) is 19.2 Å². The number of hydrogen-bond acceptors (Lipinski definition) is 2. The molecule has 0 saturated carbocycles. The second-order valence-electron chi connectivity index (χ2n) is 4.30. The van der Waals surface area contributed by atoms with Crippen LogP contribution in [0.4, 0.5) is 17.6 Å². The van der Waals surface area contributed by atoms with Crippen LogP contribution in [0.2, 0.25) is 0 Å². The third-order valence-corrected chi connectivity index (χ3v) is 2.19. The molecule has 0 saturated heterocycles. The van der Waals surface area contributed by atoms with Crippen molar-refractivity contribution in [2.24, 2.45) is 11.8 Å². The molecule has 106 valence electrons. The number of carbonyl (C=O) groups excluding carboxylic acids is 1. The molecule has 0 aliphatic rings. The molecular formula is C10H15F4NO3. The fraction of sp³-hybridized carbons (Fsp3) is 0.800. The van der Waals surface area contributed by atoms with Gasteiger partial charge in [-0.05, 0) is 12.3 Å². The number of rotatable bonds is 7. The second-order valence-corrected chi connectivity index (χ2v) is 4.30. The Labute approximate surface area is 101 Å². The van der Waals surface area contributed by atoms with Gasteiger partial charge in [0.05, 0.1) is 5.92 Å². The Kier molecular flexibility index (Phi) is 6.07. The van der Waals surface area contributed by atoms with Crippen molar-refractivity contribution < 1.29 is 32.3 Å². The van der Waals surface area contributed by atoms with Crippen LogP contribution in [-0.4, -0.2) is 35.9 Å². The van der Waals surface area contributed by atoms with Crippen LogP contribution in [0.3, 0.4) is 0 Å². The van der Waals surface area contributed by atoms with Crippen LogP contribution in [0.5, 0.6) is 0 Å². The summed E-state index contributed by atoms with van der Waals surface area (Å²) in [7, 11) is 0. The van der Waals surface area contributed by atoms with Crippen LogP contribution >= 0.6 is 0 Å². The van der Waals surface area contributed by atoms with Crippen LogP contribution < -0.4 is 5.32 Å². The summed E-state index contributed by atoms with van der Waals surface area (Å²) in [6.45, 7) is 2.83. The fourth-order valence-corrected chi connectivity index (χ4v) is 1.27. The van der Waals surface area contributed by atoms with E-state index in [1.807, 2.05) is 0 Å². The summed E-state index contributed by atoms with van der Waals surface area (Å²) < 4.78 is 48.7. The molecule has 0 spiro atoms. The molecule has 0 heterocycles. The number of nitrogens with one attached hydrogen (secondary N) is 1. The topological polar surface area (TPSA) is 66.4 Å². The van der Waals surface area contributed by atoms with Crippen LogP contribution in [0.15, 0.2) is 0 Å². The Morgan fingerprint density at radius 1 is 1.28 bits per heavy atom. The number of carbonyl (C=O) groups is 2. The van der Waals surface area contributed by atoms with E-state index in [2.05, 4.69) is 0 Å². The third kappa shape index (κ3) is 4.89. The molecule has 0 bridgehead atoms. The maximum absolute atomic E-state index is 12.5. The zero-order valence-electron chi connectivity index (χ0n) is 9.92. The normalized spacial score (nSPS) is 13.8. The van der Waals surface area contributed by atoms with Crippen LogP contribution in [0.25, 0.3) is 0 Å². The predicted molar refractivity (Wildman–Crippen MR) is 54.5 cm³/mol. The third-order valence-electron chi connectivity index (χ3n) is 2.19. The van der Waals surface area contributed by atoms with E-state index in [-0.39, 0.29) is 12.3 Å². The molecule has 0 fully saturated rings. The second kappa shape index (κ2) is 6.55. The van der Waals surface area contributed by atoms with E-state index >= 15 is 0 Å². The van der Waals surface area contributed by atoms with E-state index < -0.39 is 36.7 Å². The van der Waals surface area contributed by atoms with Gasteiger partial charge in [-0.1, -0.05) is 13.8 Å². The molecule has 4 nitrogen and oxygen atoms in total. The Morgan fingerprint density at radius 3 is 2.11 bits per heavy atom. The number of alkyl halides is 4. The van der Waals surface area contributed by atoms with Gasteiger partial charge in [0.25, 0.3) is 5.91 Å². The van der Waals surface area contributed by atoms with Crippen LogP contribution in [0.1, 0.15) is 20.3 Å². The van der Waals surface area contributed by atoms with E-state index in [0.717, 1.165) is 0 Å². The van der Waals surface area contributed by atoms with Crippen molar-refractivity contribution in [1.82, 2.24) is 5.32 Å². The first-order valence-corrected chi connectivity index (χ1v) is 5.26. The van der Waals surface area contributed by atoms with Gasteiger partial charge in [0.2, 0.25) is 0 Å². The van der Waals surface area contributed by atoms with Gasteiger partial charge in [0.1, 0.15) is 0 Å². The maximum Gasteiger partial charge on any atom is 0.383 e. The van der Waals surface area contributed by atoms with Crippen LogP contribution in [-0.2, 0) is 9.59 Å². The van der Waals surface area contributed by atoms with Gasteiger partial charge in [-0.15, -0.1) is 0 Å². The number of hydrogen-bond donors (Lipinski definition) is 2. The van der Waals surface area contributed by atoms with Gasteiger partial charge < -0.3 is 10.4 Å². The average molecular weight is 273 g/mol. The number of carboxylic acids is 1. The average Bonchev–Trinajstić information content (AvgIpc) is 2.22. The molecule has 0 aromatic heterocycles. The molecule has 18 heavy (non-hydrogen) atoms. The minimum absolute atomic E-state index is 0.0291. The molecule has 1 atom stereocenters. The van der Waals surface area contributed by atoms with Gasteiger partial charge in [-0.2, -0.15) is 8.78 Å². The lowest BCUT2D eigenvalue weighted by Crippen LogP contribution is -2.47. The Bertz CT molecular complexity index is 307. The lowest BCUT2D eigenvalue weighted by Gasteiger charge is -2.18. The molecule has 0 rings (SSSR count). The smallest absolute Gasteiger partial charge is 0.383 e. The first-order chi connectivity index (χ1) is 8.09. The standard InChI is InChI=1S/C10H15F4NO3/c1-5(2)3-6(7(16)17)4-15-9(18)10(13,14)8(11)12/h5-6,8H,3-4H2,1-2H3,(H,15,18)(H,16,17). The Morgan fingerprint density at radius 2 is 1.78 bits per heavy atom. The van der Waals surface area contributed by atoms with Crippen molar-refractivity contribution in [2.75, 3.05) is 6.54 Å². The molecule has 0 aliphatic carbocycles. The number of halogens is 4. The van der Waals surface area contributed by atoms with E-state index in [0.29, 0.717) is 0 Å². The predicted octanol–water partition coefficient (Wildman–Crippen LogP) is 1.75. The van der Waals surface area contributed by atoms with Crippen molar-refractivity contribution >= 4 is 11.9 Å². The Hall–Kier alpha value is -1.34. The molecule has 1 unspecified atom stereocenters. The highest BCUT2D eigenvalue weighted by molar-refractivity contribution is 5.84. The fourth-order valence-electron chi connectivity index (χ4n) is 1.27. The van der Waals surface area contributed by atoms with Gasteiger partial charge in [0.15, 0.2) is 0 Å². The van der Waals surface area contributed by atoms with Crippen molar-refractivity contribution in [3.63, 3.8) is 0 Å². The van der Waals surface area contributed by atoms with Gasteiger partial charge in [0, 0.05) is 6.54 Å². The summed E-state index contributed by atoms with van der Waals surface area (Å²) in [6.07, 6.45) is -3.97. The van der Waals surface area contributed by atoms with Crippen molar-refractivity contribution in [1.29, 1.82) is 0 Å². The van der Waals surface area contributed by atoms with Gasteiger partial charge in [-0.25, -0.2) is 8.78 Å². The molecule has 0 aromatic carbocycles. The van der Waals surface area contributed by atoms with Crippen molar-refractivity contribution in [3.8, 4) is 0 Å². The quantitative estimate of drug-likeness (QED) is 0.694. The molecule has 0 aromatic rings. The number of amides is 1. The lowest BCUT2D eigenvalue weighted by atomic mass is 9.97. The van der Waals surface area contributed by atoms with Crippen LogP contribution in [0, 0.1) is 11.8 Å². The molecule has 2 N–H and O–H groups in total. The summed E-state index contributed by atoms with van der Waals surface area (Å²) in [5.41, 5.74) is 0. The summed E-state index contributed by atoms with van der Waals surface area (Å²) in [5.74, 6) is -9.35. The summed E-state index contributed by atoms with van der Waals surface area (Å²) >= 11 is 0. The molecular weight excluding hydrogens is 258 g/mol. The first kappa shape index (κ1) is 16.7. The summed E-state index contributed by atoms with van der Waals surface area (Å²) in [6, 6.07) is 0. The van der Waals surface area contributed by atoms with E-state index in [4.69, 9.17) is 5.11 Å². The maximum atomic E-state index is 12.5. The monoisotopic (exact) mass is 273 g/mol. The largest absolute Gasteiger partial charge is 0.481 e. The van der Waals surface area contributed by atoms with E-state index in [1.165, 1.54) is 0 Å². The summed E-state index contributed by atoms with van der Waals surface area (Å²) in [5, 5.41) is 10.3. The molecule has 0 aliphatic heterocycles. The minimum atomic E-state index is -4.80. The number of carboxylic acid groups (broad SMARTS) is 1. The van der Waals surface area contributed by atoms with Crippen molar-refractivity contribution in [2.45, 2.75) is 32.6 Å². The highest BCUT2D eigenvalue weighted by Crippen LogP contribution is 2.23. The van der Waals surface area contributed by atoms with Crippen molar-refractivity contribution in [3.05, 3.63) is 0 Å². The zero-order chi connectivity index (χ0) is 14.5. The minimum Gasteiger partial charge on any atom is -0.481 e. The molecule has 8 heteroatoms. The molecule has 0 radical (unpaired) electrons. The SMILES string of the molecule is CC(C)CC(CNC(=O)C(F)(F)C(F)F)C(=O)O. The van der Waals surface area contributed by atoms with E-state index in [9.17, 15) is 27.2 Å². The van der Waals surface area contributed by atoms with Gasteiger partial charge in [-0.3, -0.25) is 9.59 Å². The summed E-state index contributed by atoms with van der Waals surface area (Å²) in [4.78, 5) is 21.5. The number of aliphatic carboxylic acids is 1.